The van der Waals surface area contributed by atoms with Gasteiger partial charge in [0.25, 0.3) is 0 Å². The van der Waals surface area contributed by atoms with Gasteiger partial charge in [0.15, 0.2) is 0 Å². The van der Waals surface area contributed by atoms with Crippen LogP contribution in [0.15, 0.2) is 12.2 Å². The monoisotopic (exact) mass is 210 g/mol. The van der Waals surface area contributed by atoms with Crippen LogP contribution in [-0.2, 0) is 14.2 Å². The lowest BCUT2D eigenvalue weighted by molar-refractivity contribution is -0.207. The van der Waals surface area contributed by atoms with Gasteiger partial charge >= 0.3 is 0 Å². The lowest BCUT2D eigenvalue weighted by atomic mass is 9.92. The predicted molar refractivity (Wildman–Crippen MR) is 55.7 cm³/mol. The first kappa shape index (κ1) is 9.82. The Morgan fingerprint density at radius 2 is 1.87 bits per heavy atom. The van der Waals surface area contributed by atoms with Gasteiger partial charge in [-0.3, -0.25) is 0 Å². The molecule has 84 valence electrons. The van der Waals surface area contributed by atoms with Gasteiger partial charge in [0.1, 0.15) is 0 Å². The standard InChI is InChI=1S/C12H18O3/c1-2-6-13-11-8-12-10(5-3-7-14-12)15-9(11)4-1/h1-2,9-12H,3-8H2/t9-,10-,11-,12-/m1/s1. The van der Waals surface area contributed by atoms with Gasteiger partial charge in [0, 0.05) is 13.0 Å². The van der Waals surface area contributed by atoms with Crippen LogP contribution in [0.1, 0.15) is 25.7 Å². The molecule has 0 amide bonds. The fourth-order valence-electron chi connectivity index (χ4n) is 2.74. The van der Waals surface area contributed by atoms with Crippen LogP contribution in [0.2, 0.25) is 0 Å². The highest BCUT2D eigenvalue weighted by atomic mass is 16.6. The van der Waals surface area contributed by atoms with Gasteiger partial charge in [-0.15, -0.1) is 0 Å². The Bertz CT molecular complexity index is 251. The summed E-state index contributed by atoms with van der Waals surface area (Å²) in [4.78, 5) is 0. The van der Waals surface area contributed by atoms with Crippen LogP contribution in [0.4, 0.5) is 0 Å². The Labute approximate surface area is 90.4 Å². The summed E-state index contributed by atoms with van der Waals surface area (Å²) >= 11 is 0. The lowest BCUT2D eigenvalue weighted by Crippen LogP contribution is -2.50. The van der Waals surface area contributed by atoms with E-state index in [0.29, 0.717) is 6.10 Å². The largest absolute Gasteiger partial charge is 0.375 e. The van der Waals surface area contributed by atoms with E-state index in [1.807, 2.05) is 0 Å². The van der Waals surface area contributed by atoms with Crippen molar-refractivity contribution in [2.45, 2.75) is 50.1 Å². The van der Waals surface area contributed by atoms with Crippen LogP contribution in [0, 0.1) is 0 Å². The number of hydrogen-bond donors (Lipinski definition) is 0. The van der Waals surface area contributed by atoms with E-state index in [1.54, 1.807) is 0 Å². The molecule has 0 aromatic carbocycles. The second-order valence-electron chi connectivity index (χ2n) is 4.58. The van der Waals surface area contributed by atoms with Gasteiger partial charge in [-0.1, -0.05) is 12.2 Å². The predicted octanol–water partition coefficient (Wildman–Crippen LogP) is 1.67. The lowest BCUT2D eigenvalue weighted by Gasteiger charge is -2.42. The Hall–Kier alpha value is -0.380. The van der Waals surface area contributed by atoms with Crippen LogP contribution in [0.5, 0.6) is 0 Å². The summed E-state index contributed by atoms with van der Waals surface area (Å²) in [6.45, 7) is 1.61. The van der Waals surface area contributed by atoms with E-state index < -0.39 is 0 Å². The van der Waals surface area contributed by atoms with Crippen LogP contribution in [0.3, 0.4) is 0 Å². The highest BCUT2D eigenvalue weighted by molar-refractivity contribution is 4.96. The smallest absolute Gasteiger partial charge is 0.0877 e. The van der Waals surface area contributed by atoms with Crippen LogP contribution in [-0.4, -0.2) is 37.6 Å². The molecule has 15 heavy (non-hydrogen) atoms. The molecule has 3 nitrogen and oxygen atoms in total. The minimum Gasteiger partial charge on any atom is -0.375 e. The van der Waals surface area contributed by atoms with Crippen molar-refractivity contribution in [2.24, 2.45) is 0 Å². The normalized spacial score (nSPS) is 45.3. The Morgan fingerprint density at radius 3 is 2.87 bits per heavy atom. The summed E-state index contributed by atoms with van der Waals surface area (Å²) in [5, 5.41) is 0. The van der Waals surface area contributed by atoms with E-state index in [9.17, 15) is 0 Å². The van der Waals surface area contributed by atoms with E-state index in [1.165, 1.54) is 0 Å². The van der Waals surface area contributed by atoms with Crippen molar-refractivity contribution in [3.8, 4) is 0 Å². The molecule has 0 saturated carbocycles. The van der Waals surface area contributed by atoms with Crippen LogP contribution in [0.25, 0.3) is 0 Å². The molecule has 4 atom stereocenters. The summed E-state index contributed by atoms with van der Waals surface area (Å²) in [5.74, 6) is 0. The third kappa shape index (κ3) is 1.96. The Morgan fingerprint density at radius 1 is 0.933 bits per heavy atom. The average Bonchev–Trinajstić information content (AvgIpc) is 2.50. The van der Waals surface area contributed by atoms with Crippen molar-refractivity contribution in [1.29, 1.82) is 0 Å². The van der Waals surface area contributed by atoms with E-state index in [0.717, 1.165) is 38.9 Å². The molecule has 0 N–H and O–H groups in total. The topological polar surface area (TPSA) is 27.7 Å². The molecule has 0 aliphatic carbocycles. The summed E-state index contributed by atoms with van der Waals surface area (Å²) in [7, 11) is 0. The molecule has 3 heterocycles. The van der Waals surface area contributed by atoms with E-state index >= 15 is 0 Å². The number of rotatable bonds is 0. The highest BCUT2D eigenvalue weighted by Crippen LogP contribution is 2.32. The van der Waals surface area contributed by atoms with Gasteiger partial charge in [-0.05, 0) is 19.3 Å². The fourth-order valence-corrected chi connectivity index (χ4v) is 2.74. The molecule has 0 aromatic heterocycles. The molecule has 0 bridgehead atoms. The third-order valence-electron chi connectivity index (χ3n) is 3.55. The van der Waals surface area contributed by atoms with Crippen molar-refractivity contribution >= 4 is 0 Å². The molecule has 2 saturated heterocycles. The molecule has 0 spiro atoms. The molecular formula is C12H18O3. The van der Waals surface area contributed by atoms with E-state index in [-0.39, 0.29) is 18.3 Å². The van der Waals surface area contributed by atoms with Crippen molar-refractivity contribution < 1.29 is 14.2 Å². The zero-order chi connectivity index (χ0) is 10.1. The molecule has 3 aliphatic heterocycles. The number of ether oxygens (including phenoxy) is 3. The van der Waals surface area contributed by atoms with Crippen LogP contribution >= 0.6 is 0 Å². The summed E-state index contributed by atoms with van der Waals surface area (Å²) in [6, 6.07) is 0. The fraction of sp³-hybridized carbons (Fsp3) is 0.833. The summed E-state index contributed by atoms with van der Waals surface area (Å²) in [5.41, 5.74) is 0. The molecule has 0 radical (unpaired) electrons. The molecule has 3 heteroatoms. The van der Waals surface area contributed by atoms with Gasteiger partial charge in [0.05, 0.1) is 31.0 Å². The SMILES string of the molecule is C1=CC[C@H]2O[C@@H]3CCCO[C@@H]3C[C@H]2OC1. The number of hydrogen-bond acceptors (Lipinski definition) is 3. The molecule has 3 rings (SSSR count). The molecular weight excluding hydrogens is 192 g/mol. The van der Waals surface area contributed by atoms with Crippen molar-refractivity contribution in [2.75, 3.05) is 13.2 Å². The van der Waals surface area contributed by atoms with Crippen LogP contribution < -0.4 is 0 Å². The summed E-state index contributed by atoms with van der Waals surface area (Å²) < 4.78 is 17.6. The summed E-state index contributed by atoms with van der Waals surface area (Å²) in [6.07, 6.45) is 9.64. The quantitative estimate of drug-likeness (QED) is 0.569. The molecule has 3 aliphatic rings. The van der Waals surface area contributed by atoms with Crippen molar-refractivity contribution in [3.05, 3.63) is 12.2 Å². The second-order valence-corrected chi connectivity index (χ2v) is 4.58. The first-order valence-electron chi connectivity index (χ1n) is 5.97. The zero-order valence-corrected chi connectivity index (χ0v) is 8.93. The van der Waals surface area contributed by atoms with Gasteiger partial charge in [-0.25, -0.2) is 0 Å². The minimum absolute atomic E-state index is 0.236. The molecule has 2 fully saturated rings. The first-order valence-corrected chi connectivity index (χ1v) is 5.97. The first-order chi connectivity index (χ1) is 7.43. The van der Waals surface area contributed by atoms with Gasteiger partial charge < -0.3 is 14.2 Å². The van der Waals surface area contributed by atoms with E-state index in [2.05, 4.69) is 12.2 Å². The second kappa shape index (κ2) is 4.24. The van der Waals surface area contributed by atoms with E-state index in [4.69, 9.17) is 14.2 Å². The third-order valence-corrected chi connectivity index (χ3v) is 3.55. The Kier molecular flexibility index (Phi) is 2.77. The number of fused-ring (bicyclic) bond motifs is 2. The maximum Gasteiger partial charge on any atom is 0.0877 e. The average molecular weight is 210 g/mol. The molecule has 0 aromatic rings. The van der Waals surface area contributed by atoms with Crippen molar-refractivity contribution in [3.63, 3.8) is 0 Å². The maximum atomic E-state index is 6.07. The van der Waals surface area contributed by atoms with Gasteiger partial charge in [0.2, 0.25) is 0 Å². The van der Waals surface area contributed by atoms with Crippen molar-refractivity contribution in [1.82, 2.24) is 0 Å². The maximum absolute atomic E-state index is 6.07. The zero-order valence-electron chi connectivity index (χ0n) is 8.93. The van der Waals surface area contributed by atoms with Gasteiger partial charge in [-0.2, -0.15) is 0 Å². The molecule has 0 unspecified atom stereocenters. The minimum atomic E-state index is 0.236. The Balaban J connectivity index is 1.70. The highest BCUT2D eigenvalue weighted by Gasteiger charge is 2.40.